The van der Waals surface area contributed by atoms with Crippen molar-refractivity contribution in [1.29, 1.82) is 0 Å². The minimum absolute atomic E-state index is 0.0375. The summed E-state index contributed by atoms with van der Waals surface area (Å²) in [6.07, 6.45) is 0. The molecule has 10 aromatic carbocycles. The van der Waals surface area contributed by atoms with E-state index in [0.29, 0.717) is 93.1 Å². The quantitative estimate of drug-likeness (QED) is 0.0379. The number of ether oxygens (including phenoxy) is 6. The zero-order valence-corrected chi connectivity index (χ0v) is 83.4. The highest BCUT2D eigenvalue weighted by Gasteiger charge is 2.38. The maximum Gasteiger partial charge on any atom is 0.271 e. The third-order valence-electron chi connectivity index (χ3n) is 20.1. The number of benzene rings is 10. The molecule has 0 bridgehead atoms. The molecule has 5 aliphatic rings. The number of rotatable bonds is 25. The average Bonchev–Trinajstić information content (AvgIpc) is 0.794. The van der Waals surface area contributed by atoms with Gasteiger partial charge in [0.15, 0.2) is 0 Å². The van der Waals surface area contributed by atoms with Crippen LogP contribution in [0.3, 0.4) is 0 Å². The van der Waals surface area contributed by atoms with Crippen molar-refractivity contribution in [2.45, 2.75) is 81.5 Å². The third kappa shape index (κ3) is 27.9. The summed E-state index contributed by atoms with van der Waals surface area (Å²) in [5.41, 5.74) is 2.35. The van der Waals surface area contributed by atoms with E-state index in [2.05, 4.69) is 0 Å². The van der Waals surface area contributed by atoms with Crippen LogP contribution in [-0.4, -0.2) is 218 Å². The summed E-state index contributed by atoms with van der Waals surface area (Å²) in [4.78, 5) is 55.1. The maximum absolute atomic E-state index is 13.2. The lowest BCUT2D eigenvalue weighted by molar-refractivity contribution is -0.385. The topological polar surface area (TPSA) is 458 Å². The van der Waals surface area contributed by atoms with Gasteiger partial charge in [-0.25, -0.2) is 42.1 Å². The predicted molar refractivity (Wildman–Crippen MR) is 514 cm³/mol. The second-order valence-electron chi connectivity index (χ2n) is 29.3. The number of nitro benzene ring substituents is 5. The van der Waals surface area contributed by atoms with Crippen LogP contribution in [0.1, 0.15) is 22.3 Å². The lowest BCUT2D eigenvalue weighted by Gasteiger charge is -2.26. The molecule has 5 fully saturated rings. The Hall–Kier alpha value is -8.67. The molecule has 0 spiro atoms. The molecule has 0 unspecified atom stereocenters. The van der Waals surface area contributed by atoms with Crippen molar-refractivity contribution in [1.82, 2.24) is 21.5 Å². The van der Waals surface area contributed by atoms with Crippen LogP contribution in [-0.2, 0) is 69.1 Å². The largest absolute Gasteiger partial charge is 0.456 e. The van der Waals surface area contributed by atoms with E-state index >= 15 is 0 Å². The number of aryl methyl sites for hydroxylation is 4. The SMILES string of the molecule is Cc1ccc(C)c(Oc2ccc([N+](=O)[O-])cc2S(=O)(=O)N2CCOCC2)c1.Cc1ccc(C)c(Sc2ccc([N+](=O)[O-])cc2S(=O)(=O)N2CCOCC2)c1.O=[N+]([O-])c1ccc(Oc2cc(Cl)ccc2Cl)c(S(=O)(=O)N2CCOCC2)c1.O=[N+]([O-])c1ccc(Sc2cc(Cl)ccc2Cl)c(S(=O)(=O)N2CCOCC2)c1.O=[N+]([O-])c1ccc(Sc2cc(Cl)ccc2Cl)c(S(=O)(=O)N2CCSCC2)c1. The van der Waals surface area contributed by atoms with Crippen LogP contribution in [0.25, 0.3) is 0 Å². The Morgan fingerprint density at radius 3 is 0.919 bits per heavy atom. The van der Waals surface area contributed by atoms with Gasteiger partial charge < -0.3 is 28.4 Å². The van der Waals surface area contributed by atoms with E-state index in [-0.39, 0.29) is 167 Å². The van der Waals surface area contributed by atoms with Crippen molar-refractivity contribution in [3.63, 3.8) is 0 Å². The molecule has 0 saturated carbocycles. The number of thioether (sulfide) groups is 1. The van der Waals surface area contributed by atoms with Crippen molar-refractivity contribution in [3.8, 4) is 23.0 Å². The van der Waals surface area contributed by atoms with Gasteiger partial charge in [-0.15, -0.1) is 0 Å². The minimum atomic E-state index is -4.04. The summed E-state index contributed by atoms with van der Waals surface area (Å²) >= 11 is 41.6. The summed E-state index contributed by atoms with van der Waals surface area (Å²) in [6.45, 7) is 12.1. The van der Waals surface area contributed by atoms with Crippen LogP contribution in [0.2, 0.25) is 30.1 Å². The first-order chi connectivity index (χ1) is 63.9. The van der Waals surface area contributed by atoms with Gasteiger partial charge in [0.1, 0.15) is 47.5 Å². The van der Waals surface area contributed by atoms with E-state index in [0.717, 1.165) is 87.1 Å². The molecule has 0 atom stereocenters. The van der Waals surface area contributed by atoms with Crippen molar-refractivity contribution < 1.29 is 95.1 Å². The molecule has 51 heteroatoms. The standard InChI is InChI=1S/C18H20N2O6S.C18H20N2O5S2.C16H14Cl2N2O6S.C16H14Cl2N2O5S2.C16H14Cl2N2O4S3/c2*1-13-3-4-14(2)17(11-13)26-16-6-5-15(20(21)22)12-18(16)27(23,24)19-7-9-25-10-8-19;3*17-11-1-3-13(18)15(9-11)26-14-4-2-12(20(21)22)10-16(14)27(23,24)19-5-7-25-8-6-19/h2*3-6,11-12H,7-10H2,1-2H3;3*1-4,9-10H,5-8H2. The van der Waals surface area contributed by atoms with Crippen LogP contribution in [0.4, 0.5) is 28.4 Å². The Kier molecular flexibility index (Phi) is 37.8. The van der Waals surface area contributed by atoms with Crippen LogP contribution in [0.15, 0.2) is 236 Å². The summed E-state index contributed by atoms with van der Waals surface area (Å²) in [7, 11) is -19.7. The fourth-order valence-corrected chi connectivity index (χ4v) is 27.1. The van der Waals surface area contributed by atoms with E-state index in [9.17, 15) is 92.7 Å². The molecule has 5 heterocycles. The Morgan fingerprint density at radius 2 is 0.570 bits per heavy atom. The van der Waals surface area contributed by atoms with Crippen molar-refractivity contribution in [2.24, 2.45) is 0 Å². The molecule has 5 aliphatic heterocycles. The molecular formula is C84H82Cl6N10O26S9. The molecule has 135 heavy (non-hydrogen) atoms. The molecular weight excluding hydrogens is 2070 g/mol. The molecule has 5 saturated heterocycles. The van der Waals surface area contributed by atoms with Crippen molar-refractivity contribution in [3.05, 3.63) is 285 Å². The number of non-ortho nitro benzene ring substituents is 5. The summed E-state index contributed by atoms with van der Waals surface area (Å²) in [5.74, 6) is 1.99. The first-order valence-corrected chi connectivity index (χ1v) is 53.2. The second-order valence-corrected chi connectivity index (χ2v) is 45.8. The minimum Gasteiger partial charge on any atom is -0.456 e. The van der Waals surface area contributed by atoms with Gasteiger partial charge in [-0.05, 0) is 141 Å². The second kappa shape index (κ2) is 47.8. The van der Waals surface area contributed by atoms with E-state index < -0.39 is 74.7 Å². The number of nitro groups is 5. The summed E-state index contributed by atoms with van der Waals surface area (Å²) in [6, 6.07) is 44.3. The fraction of sp³-hybridized carbons (Fsp3) is 0.286. The van der Waals surface area contributed by atoms with Gasteiger partial charge in [0.25, 0.3) is 28.4 Å². The van der Waals surface area contributed by atoms with Crippen molar-refractivity contribution in [2.75, 3.05) is 130 Å². The van der Waals surface area contributed by atoms with E-state index in [1.165, 1.54) is 100 Å². The molecule has 720 valence electrons. The highest BCUT2D eigenvalue weighted by atomic mass is 35.5. The fourth-order valence-electron chi connectivity index (χ4n) is 13.0. The number of hydrogen-bond donors (Lipinski definition) is 0. The monoisotopic (exact) mass is 2140 g/mol. The molecule has 0 aromatic heterocycles. The van der Waals surface area contributed by atoms with E-state index in [1.54, 1.807) is 60.3 Å². The van der Waals surface area contributed by atoms with E-state index in [4.69, 9.17) is 98.0 Å². The number of nitrogens with zero attached hydrogens (tertiary/aromatic N) is 10. The molecule has 0 N–H and O–H groups in total. The number of hydrogen-bond acceptors (Lipinski definition) is 30. The van der Waals surface area contributed by atoms with Gasteiger partial charge in [-0.2, -0.15) is 33.3 Å². The lowest BCUT2D eigenvalue weighted by atomic mass is 10.1. The van der Waals surface area contributed by atoms with Crippen LogP contribution < -0.4 is 9.47 Å². The summed E-state index contributed by atoms with van der Waals surface area (Å²) < 4.78 is 170. The number of sulfonamides is 5. The highest BCUT2D eigenvalue weighted by molar-refractivity contribution is 8.01. The first-order valence-electron chi connectivity index (χ1n) is 40.1. The molecule has 10 aromatic rings. The Bertz CT molecular complexity index is 5800. The number of halogens is 6. The molecule has 0 radical (unpaired) electrons. The zero-order chi connectivity index (χ0) is 98.0. The molecule has 36 nitrogen and oxygen atoms in total. The van der Waals surface area contributed by atoms with Gasteiger partial charge in [-0.1, -0.05) is 129 Å². The van der Waals surface area contributed by atoms with Gasteiger partial charge in [-0.3, -0.25) is 50.6 Å². The lowest BCUT2D eigenvalue weighted by Crippen LogP contribution is -2.40. The Labute approximate surface area is 824 Å². The van der Waals surface area contributed by atoms with E-state index in [1.807, 2.05) is 58.0 Å². The average molecular weight is 2150 g/mol. The smallest absolute Gasteiger partial charge is 0.271 e. The highest BCUT2D eigenvalue weighted by Crippen LogP contribution is 2.46. The normalized spacial score (nSPS) is 15.6. The first kappa shape index (κ1) is 107. The Balaban J connectivity index is 0.000000162. The zero-order valence-electron chi connectivity index (χ0n) is 71.5. The van der Waals surface area contributed by atoms with Crippen LogP contribution in [0.5, 0.6) is 23.0 Å². The van der Waals surface area contributed by atoms with Gasteiger partial charge in [0.05, 0.1) is 92.5 Å². The van der Waals surface area contributed by atoms with Crippen molar-refractivity contribution >= 4 is 195 Å². The van der Waals surface area contributed by atoms with Crippen LogP contribution in [0, 0.1) is 78.3 Å². The molecule has 0 aliphatic carbocycles. The third-order valence-corrected chi connectivity index (χ3v) is 36.5. The Morgan fingerprint density at radius 1 is 0.289 bits per heavy atom. The summed E-state index contributed by atoms with van der Waals surface area (Å²) in [5, 5.41) is 58.1. The maximum atomic E-state index is 13.2. The van der Waals surface area contributed by atoms with Gasteiger partial charge >= 0.3 is 0 Å². The molecule has 15 rings (SSSR count). The van der Waals surface area contributed by atoms with Gasteiger partial charge in [0, 0.05) is 188 Å². The predicted octanol–water partition coefficient (Wildman–Crippen LogP) is 19.0. The molecule has 0 amide bonds. The van der Waals surface area contributed by atoms with Gasteiger partial charge in [0.2, 0.25) is 50.1 Å². The number of morpholine rings is 4. The van der Waals surface area contributed by atoms with Crippen LogP contribution >= 0.6 is 117 Å².